The number of allylic oxidation sites excluding steroid dienone is 1. The lowest BCUT2D eigenvalue weighted by atomic mass is 10.1. The number of ketones is 1. The molecular weight excluding hydrogens is 241 g/mol. The molecule has 0 amide bonds. The monoisotopic (exact) mass is 251 g/mol. The molecule has 0 spiro atoms. The summed E-state index contributed by atoms with van der Waals surface area (Å²) in [5.74, 6) is -0.579. The van der Waals surface area contributed by atoms with Crippen molar-refractivity contribution in [2.75, 3.05) is 0 Å². The van der Waals surface area contributed by atoms with Crippen LogP contribution in [-0.4, -0.2) is 5.78 Å². The highest BCUT2D eigenvalue weighted by Gasteiger charge is 2.01. The van der Waals surface area contributed by atoms with Crippen LogP contribution in [0.5, 0.6) is 0 Å². The van der Waals surface area contributed by atoms with Crippen molar-refractivity contribution >= 4 is 11.9 Å². The predicted molar refractivity (Wildman–Crippen MR) is 70.9 cm³/mol. The van der Waals surface area contributed by atoms with E-state index in [0.717, 1.165) is 5.56 Å². The summed E-state index contributed by atoms with van der Waals surface area (Å²) in [5.41, 5.74) is 1.74. The molecule has 0 heterocycles. The normalized spacial score (nSPS) is 10.3. The molecule has 0 radical (unpaired) electrons. The maximum Gasteiger partial charge on any atom is 0.185 e. The quantitative estimate of drug-likeness (QED) is 0.617. The van der Waals surface area contributed by atoms with E-state index in [0.29, 0.717) is 11.1 Å². The zero-order chi connectivity index (χ0) is 13.7. The molecule has 3 heteroatoms. The number of carbonyl (C=O) groups excluding carboxylic acids is 1. The van der Waals surface area contributed by atoms with Crippen molar-refractivity contribution in [3.05, 3.63) is 77.1 Å². The van der Waals surface area contributed by atoms with Crippen LogP contribution < -0.4 is 0 Å². The highest BCUT2D eigenvalue weighted by atomic mass is 19.1. The van der Waals surface area contributed by atoms with Crippen LogP contribution in [0.1, 0.15) is 21.5 Å². The second-order valence-corrected chi connectivity index (χ2v) is 3.94. The molecule has 0 fully saturated rings. The van der Waals surface area contributed by atoms with E-state index in [-0.39, 0.29) is 11.6 Å². The fourth-order valence-corrected chi connectivity index (χ4v) is 1.59. The second-order valence-electron chi connectivity index (χ2n) is 3.94. The van der Waals surface area contributed by atoms with Gasteiger partial charge in [0.15, 0.2) is 5.78 Å². The van der Waals surface area contributed by atoms with Gasteiger partial charge in [-0.1, -0.05) is 18.2 Å². The van der Waals surface area contributed by atoms with Gasteiger partial charge in [0.2, 0.25) is 0 Å². The molecule has 2 nitrogen and oxygen atoms in total. The SMILES string of the molecule is N#Cc1cccc(C=CC(=O)c2ccc(F)cc2)c1. The maximum absolute atomic E-state index is 12.7. The van der Waals surface area contributed by atoms with Gasteiger partial charge in [-0.2, -0.15) is 5.26 Å². The van der Waals surface area contributed by atoms with Crippen molar-refractivity contribution in [1.29, 1.82) is 5.26 Å². The summed E-state index contributed by atoms with van der Waals surface area (Å²) >= 11 is 0. The molecule has 19 heavy (non-hydrogen) atoms. The van der Waals surface area contributed by atoms with Crippen molar-refractivity contribution in [3.63, 3.8) is 0 Å². The van der Waals surface area contributed by atoms with Crippen LogP contribution in [0.3, 0.4) is 0 Å². The summed E-state index contributed by atoms with van der Waals surface area (Å²) in [5, 5.41) is 8.77. The highest BCUT2D eigenvalue weighted by Crippen LogP contribution is 2.09. The van der Waals surface area contributed by atoms with Crippen LogP contribution >= 0.6 is 0 Å². The molecule has 2 rings (SSSR count). The number of hydrogen-bond donors (Lipinski definition) is 0. The first-order valence-electron chi connectivity index (χ1n) is 5.67. The number of nitriles is 1. The standard InChI is InChI=1S/C16H10FNO/c17-15-7-5-14(6-8-15)16(19)9-4-12-2-1-3-13(10-12)11-18/h1-10H. The maximum atomic E-state index is 12.7. The Morgan fingerprint density at radius 2 is 1.89 bits per heavy atom. The Kier molecular flexibility index (Phi) is 3.84. The Morgan fingerprint density at radius 3 is 2.58 bits per heavy atom. The van der Waals surface area contributed by atoms with Crippen molar-refractivity contribution < 1.29 is 9.18 Å². The van der Waals surface area contributed by atoms with E-state index < -0.39 is 0 Å². The highest BCUT2D eigenvalue weighted by molar-refractivity contribution is 6.06. The summed E-state index contributed by atoms with van der Waals surface area (Å²) < 4.78 is 12.7. The lowest BCUT2D eigenvalue weighted by molar-refractivity contribution is 0.104. The molecular formula is C16H10FNO. The van der Waals surface area contributed by atoms with Gasteiger partial charge in [-0.3, -0.25) is 4.79 Å². The number of benzene rings is 2. The van der Waals surface area contributed by atoms with Crippen molar-refractivity contribution in [3.8, 4) is 6.07 Å². The lowest BCUT2D eigenvalue weighted by Crippen LogP contribution is -1.93. The van der Waals surface area contributed by atoms with Gasteiger partial charge in [-0.05, 0) is 48.0 Å². The van der Waals surface area contributed by atoms with Gasteiger partial charge in [0, 0.05) is 5.56 Å². The van der Waals surface area contributed by atoms with Crippen molar-refractivity contribution in [2.24, 2.45) is 0 Å². The molecule has 92 valence electrons. The van der Waals surface area contributed by atoms with E-state index in [1.165, 1.54) is 30.3 Å². The Labute approximate surface area is 110 Å². The molecule has 0 saturated carbocycles. The van der Waals surface area contributed by atoms with Gasteiger partial charge in [0.05, 0.1) is 11.6 Å². The average molecular weight is 251 g/mol. The van der Waals surface area contributed by atoms with Gasteiger partial charge in [-0.15, -0.1) is 0 Å². The van der Waals surface area contributed by atoms with E-state index in [9.17, 15) is 9.18 Å². The van der Waals surface area contributed by atoms with Crippen LogP contribution in [0.15, 0.2) is 54.6 Å². The molecule has 0 saturated heterocycles. The second kappa shape index (κ2) is 5.74. The Hall–Kier alpha value is -2.73. The third kappa shape index (κ3) is 3.36. The van der Waals surface area contributed by atoms with Crippen LogP contribution in [0, 0.1) is 17.1 Å². The molecule has 0 atom stereocenters. The van der Waals surface area contributed by atoms with Gasteiger partial charge in [0.25, 0.3) is 0 Å². The Morgan fingerprint density at radius 1 is 1.16 bits per heavy atom. The smallest absolute Gasteiger partial charge is 0.185 e. The molecule has 2 aromatic rings. The summed E-state index contributed by atoms with van der Waals surface area (Å²) in [6, 6.07) is 14.3. The van der Waals surface area contributed by atoms with Gasteiger partial charge >= 0.3 is 0 Å². The average Bonchev–Trinajstić information content (AvgIpc) is 2.46. The minimum Gasteiger partial charge on any atom is -0.289 e. The number of carbonyl (C=O) groups is 1. The number of rotatable bonds is 3. The molecule has 0 aliphatic rings. The Bertz CT molecular complexity index is 666. The summed E-state index contributed by atoms with van der Waals surface area (Å²) in [6.45, 7) is 0. The number of nitrogens with zero attached hydrogens (tertiary/aromatic N) is 1. The zero-order valence-corrected chi connectivity index (χ0v) is 10.0. The van der Waals surface area contributed by atoms with Gasteiger partial charge in [0.1, 0.15) is 5.82 Å². The fourth-order valence-electron chi connectivity index (χ4n) is 1.59. The first-order valence-corrected chi connectivity index (χ1v) is 5.67. The first-order chi connectivity index (χ1) is 9.19. The molecule has 0 bridgehead atoms. The van der Waals surface area contributed by atoms with Crippen LogP contribution in [0.2, 0.25) is 0 Å². The minimum absolute atomic E-state index is 0.206. The molecule has 0 unspecified atom stereocenters. The van der Waals surface area contributed by atoms with E-state index in [4.69, 9.17) is 5.26 Å². The summed E-state index contributed by atoms with van der Waals surface area (Å²) in [7, 11) is 0. The third-order valence-corrected chi connectivity index (χ3v) is 2.57. The van der Waals surface area contributed by atoms with E-state index in [1.807, 2.05) is 6.07 Å². The Balaban J connectivity index is 2.16. The van der Waals surface area contributed by atoms with Gasteiger partial charge < -0.3 is 0 Å². The molecule has 0 aliphatic carbocycles. The lowest BCUT2D eigenvalue weighted by Gasteiger charge is -1.96. The van der Waals surface area contributed by atoms with Crippen molar-refractivity contribution in [1.82, 2.24) is 0 Å². The first kappa shape index (κ1) is 12.7. The van der Waals surface area contributed by atoms with E-state index in [1.54, 1.807) is 30.3 Å². The third-order valence-electron chi connectivity index (χ3n) is 2.57. The topological polar surface area (TPSA) is 40.9 Å². The molecule has 2 aromatic carbocycles. The van der Waals surface area contributed by atoms with Crippen LogP contribution in [-0.2, 0) is 0 Å². The predicted octanol–water partition coefficient (Wildman–Crippen LogP) is 3.59. The zero-order valence-electron chi connectivity index (χ0n) is 10.0. The largest absolute Gasteiger partial charge is 0.289 e. The molecule has 0 aromatic heterocycles. The summed E-state index contributed by atoms with van der Waals surface area (Å²) in [6.07, 6.45) is 3.04. The molecule has 0 N–H and O–H groups in total. The summed E-state index contributed by atoms with van der Waals surface area (Å²) in [4.78, 5) is 11.8. The van der Waals surface area contributed by atoms with E-state index >= 15 is 0 Å². The van der Waals surface area contributed by atoms with E-state index in [2.05, 4.69) is 0 Å². The fraction of sp³-hybridized carbons (Fsp3) is 0. The minimum atomic E-state index is -0.373. The van der Waals surface area contributed by atoms with Crippen molar-refractivity contribution in [2.45, 2.75) is 0 Å². The molecule has 0 aliphatic heterocycles. The van der Waals surface area contributed by atoms with Crippen LogP contribution in [0.4, 0.5) is 4.39 Å². The van der Waals surface area contributed by atoms with Crippen LogP contribution in [0.25, 0.3) is 6.08 Å². The number of hydrogen-bond acceptors (Lipinski definition) is 2. The van der Waals surface area contributed by atoms with Gasteiger partial charge in [-0.25, -0.2) is 4.39 Å². The number of halogens is 1.